The van der Waals surface area contributed by atoms with Gasteiger partial charge in [0.15, 0.2) is 0 Å². The summed E-state index contributed by atoms with van der Waals surface area (Å²) >= 11 is 0. The molecular formula is C12H18O3. The van der Waals surface area contributed by atoms with Crippen LogP contribution in [0, 0.1) is 0 Å². The van der Waals surface area contributed by atoms with Crippen molar-refractivity contribution in [1.82, 2.24) is 0 Å². The Morgan fingerprint density at radius 2 is 1.60 bits per heavy atom. The van der Waals surface area contributed by atoms with Gasteiger partial charge in [0.25, 0.3) is 0 Å². The molecule has 0 heterocycles. The van der Waals surface area contributed by atoms with Crippen LogP contribution in [0.2, 0.25) is 0 Å². The fraction of sp³-hybridized carbons (Fsp3) is 0.500. The van der Waals surface area contributed by atoms with Crippen LogP contribution in [-0.2, 0) is 0 Å². The molecule has 3 heteroatoms. The van der Waals surface area contributed by atoms with Crippen LogP contribution in [-0.4, -0.2) is 29.5 Å². The van der Waals surface area contributed by atoms with Crippen molar-refractivity contribution < 1.29 is 14.9 Å². The minimum absolute atomic E-state index is 0.178. The third-order valence-corrected chi connectivity index (χ3v) is 2.26. The molecule has 0 radical (unpaired) electrons. The third kappa shape index (κ3) is 3.53. The van der Waals surface area contributed by atoms with Crippen LogP contribution in [0.1, 0.15) is 25.3 Å². The predicted molar refractivity (Wildman–Crippen MR) is 59.1 cm³/mol. The summed E-state index contributed by atoms with van der Waals surface area (Å²) in [4.78, 5) is 0. The molecule has 0 unspecified atom stereocenters. The maximum atomic E-state index is 8.85. The lowest BCUT2D eigenvalue weighted by molar-refractivity contribution is 0.0629. The lowest BCUT2D eigenvalue weighted by Gasteiger charge is -2.14. The van der Waals surface area contributed by atoms with E-state index >= 15 is 0 Å². The molecule has 0 atom stereocenters. The molecule has 0 aliphatic heterocycles. The molecule has 0 saturated heterocycles. The van der Waals surface area contributed by atoms with E-state index < -0.39 is 6.10 Å². The molecule has 1 rings (SSSR count). The number of aliphatic hydroxyl groups is 2. The van der Waals surface area contributed by atoms with Gasteiger partial charge in [-0.1, -0.05) is 26.0 Å². The van der Waals surface area contributed by atoms with Crippen molar-refractivity contribution >= 4 is 0 Å². The number of rotatable bonds is 5. The smallest absolute Gasteiger partial charge is 0.145 e. The van der Waals surface area contributed by atoms with Crippen molar-refractivity contribution in [2.24, 2.45) is 0 Å². The molecule has 0 bridgehead atoms. The van der Waals surface area contributed by atoms with Gasteiger partial charge < -0.3 is 14.9 Å². The zero-order valence-electron chi connectivity index (χ0n) is 9.18. The van der Waals surface area contributed by atoms with Gasteiger partial charge in [0.1, 0.15) is 11.9 Å². The average Bonchev–Trinajstić information content (AvgIpc) is 2.26. The number of ether oxygens (including phenoxy) is 1. The Hall–Kier alpha value is -1.06. The highest BCUT2D eigenvalue weighted by Gasteiger charge is 2.07. The number of benzene rings is 1. The average molecular weight is 210 g/mol. The SMILES string of the molecule is CC(C)c1ccc(OC(CO)CO)cc1. The van der Waals surface area contributed by atoms with E-state index in [1.54, 1.807) is 0 Å². The van der Waals surface area contributed by atoms with Gasteiger partial charge in [-0.2, -0.15) is 0 Å². The van der Waals surface area contributed by atoms with Gasteiger partial charge in [0.05, 0.1) is 13.2 Å². The Balaban J connectivity index is 2.63. The Morgan fingerprint density at radius 1 is 1.07 bits per heavy atom. The lowest BCUT2D eigenvalue weighted by atomic mass is 10.0. The summed E-state index contributed by atoms with van der Waals surface area (Å²) in [5.74, 6) is 1.16. The minimum atomic E-state index is -0.533. The molecule has 0 aromatic heterocycles. The zero-order valence-corrected chi connectivity index (χ0v) is 9.18. The van der Waals surface area contributed by atoms with Crippen LogP contribution >= 0.6 is 0 Å². The van der Waals surface area contributed by atoms with Crippen LogP contribution < -0.4 is 4.74 Å². The molecule has 84 valence electrons. The van der Waals surface area contributed by atoms with Crippen LogP contribution in [0.4, 0.5) is 0 Å². The molecule has 3 nitrogen and oxygen atoms in total. The predicted octanol–water partition coefficient (Wildman–Crippen LogP) is 1.54. The highest BCUT2D eigenvalue weighted by Crippen LogP contribution is 2.19. The second-order valence-corrected chi connectivity index (χ2v) is 3.83. The van der Waals surface area contributed by atoms with Gasteiger partial charge in [-0.15, -0.1) is 0 Å². The first kappa shape index (κ1) is 12.0. The molecule has 15 heavy (non-hydrogen) atoms. The van der Waals surface area contributed by atoms with Crippen LogP contribution in [0.5, 0.6) is 5.75 Å². The Morgan fingerprint density at radius 3 is 2.00 bits per heavy atom. The highest BCUT2D eigenvalue weighted by molar-refractivity contribution is 5.29. The standard InChI is InChI=1S/C12H18O3/c1-9(2)10-3-5-11(6-4-10)15-12(7-13)8-14/h3-6,9,12-14H,7-8H2,1-2H3. The molecule has 1 aromatic carbocycles. The summed E-state index contributed by atoms with van der Waals surface area (Å²) in [7, 11) is 0. The first-order valence-electron chi connectivity index (χ1n) is 5.15. The fourth-order valence-corrected chi connectivity index (χ4v) is 1.26. The molecule has 0 aliphatic rings. The van der Waals surface area contributed by atoms with E-state index in [9.17, 15) is 0 Å². The maximum Gasteiger partial charge on any atom is 0.145 e. The third-order valence-electron chi connectivity index (χ3n) is 2.26. The van der Waals surface area contributed by atoms with Gasteiger partial charge in [-0.05, 0) is 23.6 Å². The van der Waals surface area contributed by atoms with E-state index in [1.165, 1.54) is 5.56 Å². The maximum absolute atomic E-state index is 8.85. The first-order valence-corrected chi connectivity index (χ1v) is 5.15. The zero-order chi connectivity index (χ0) is 11.3. The summed E-state index contributed by atoms with van der Waals surface area (Å²) in [6.07, 6.45) is -0.533. The second-order valence-electron chi connectivity index (χ2n) is 3.83. The molecule has 0 amide bonds. The summed E-state index contributed by atoms with van der Waals surface area (Å²) in [6, 6.07) is 7.69. The van der Waals surface area contributed by atoms with Gasteiger partial charge in [-0.3, -0.25) is 0 Å². The lowest BCUT2D eigenvalue weighted by Crippen LogP contribution is -2.25. The molecular weight excluding hydrogens is 192 g/mol. The van der Waals surface area contributed by atoms with E-state index in [0.717, 1.165) is 0 Å². The van der Waals surface area contributed by atoms with E-state index in [1.807, 2.05) is 24.3 Å². The van der Waals surface area contributed by atoms with E-state index in [4.69, 9.17) is 14.9 Å². The van der Waals surface area contributed by atoms with Crippen LogP contribution in [0.15, 0.2) is 24.3 Å². The van der Waals surface area contributed by atoms with Crippen molar-refractivity contribution in [3.63, 3.8) is 0 Å². The monoisotopic (exact) mass is 210 g/mol. The summed E-state index contributed by atoms with van der Waals surface area (Å²) in [6.45, 7) is 3.89. The van der Waals surface area contributed by atoms with Crippen LogP contribution in [0.3, 0.4) is 0 Å². The highest BCUT2D eigenvalue weighted by atomic mass is 16.5. The van der Waals surface area contributed by atoms with Crippen molar-refractivity contribution in [2.75, 3.05) is 13.2 Å². The molecule has 0 fully saturated rings. The Kier molecular flexibility index (Phi) is 4.59. The fourth-order valence-electron chi connectivity index (χ4n) is 1.26. The number of hydrogen-bond acceptors (Lipinski definition) is 3. The van der Waals surface area contributed by atoms with Crippen molar-refractivity contribution in [3.8, 4) is 5.75 Å². The van der Waals surface area contributed by atoms with Gasteiger partial charge in [0.2, 0.25) is 0 Å². The molecule has 0 spiro atoms. The first-order chi connectivity index (χ1) is 7.17. The Bertz CT molecular complexity index is 275. The number of aliphatic hydroxyl groups excluding tert-OH is 2. The molecule has 2 N–H and O–H groups in total. The molecule has 1 aromatic rings. The number of hydrogen-bond donors (Lipinski definition) is 2. The van der Waals surface area contributed by atoms with E-state index in [0.29, 0.717) is 11.7 Å². The van der Waals surface area contributed by atoms with Crippen molar-refractivity contribution in [2.45, 2.75) is 25.9 Å². The summed E-state index contributed by atoms with van der Waals surface area (Å²) < 4.78 is 5.35. The van der Waals surface area contributed by atoms with E-state index in [2.05, 4.69) is 13.8 Å². The van der Waals surface area contributed by atoms with Crippen molar-refractivity contribution in [1.29, 1.82) is 0 Å². The molecule has 0 aliphatic carbocycles. The Labute approximate surface area is 90.3 Å². The van der Waals surface area contributed by atoms with Crippen molar-refractivity contribution in [3.05, 3.63) is 29.8 Å². The van der Waals surface area contributed by atoms with E-state index in [-0.39, 0.29) is 13.2 Å². The summed E-state index contributed by atoms with van der Waals surface area (Å²) in [5, 5.41) is 17.7. The second kappa shape index (κ2) is 5.73. The van der Waals surface area contributed by atoms with Gasteiger partial charge in [0, 0.05) is 0 Å². The summed E-state index contributed by atoms with van der Waals surface area (Å²) in [5.41, 5.74) is 1.24. The quantitative estimate of drug-likeness (QED) is 0.775. The minimum Gasteiger partial charge on any atom is -0.486 e. The van der Waals surface area contributed by atoms with Crippen LogP contribution in [0.25, 0.3) is 0 Å². The topological polar surface area (TPSA) is 49.7 Å². The molecule has 0 saturated carbocycles. The largest absolute Gasteiger partial charge is 0.486 e. The van der Waals surface area contributed by atoms with Gasteiger partial charge in [-0.25, -0.2) is 0 Å². The van der Waals surface area contributed by atoms with Gasteiger partial charge >= 0.3 is 0 Å². The normalized spacial score (nSPS) is 11.1.